The zero-order valence-corrected chi connectivity index (χ0v) is 14.5. The molecule has 0 radical (unpaired) electrons. The molecule has 0 aliphatic carbocycles. The van der Waals surface area contributed by atoms with Gasteiger partial charge in [-0.1, -0.05) is 0 Å². The van der Waals surface area contributed by atoms with Gasteiger partial charge in [-0.25, -0.2) is 0 Å². The minimum absolute atomic E-state index is 0.0454. The summed E-state index contributed by atoms with van der Waals surface area (Å²) in [5.74, 6) is 0.0454. The first-order valence-electron chi connectivity index (χ1n) is 8.30. The Kier molecular flexibility index (Phi) is 4.69. The third-order valence-corrected chi connectivity index (χ3v) is 4.80. The van der Waals surface area contributed by atoms with Crippen molar-refractivity contribution < 1.29 is 4.79 Å². The number of nitrogens with zero attached hydrogens (tertiary/aromatic N) is 3. The van der Waals surface area contributed by atoms with Gasteiger partial charge in [0.1, 0.15) is 0 Å². The van der Waals surface area contributed by atoms with E-state index in [0.717, 1.165) is 24.5 Å². The van der Waals surface area contributed by atoms with Crippen molar-refractivity contribution in [3.8, 4) is 5.69 Å². The minimum Gasteiger partial charge on any atom is -0.358 e. The Hall–Kier alpha value is -2.18. The lowest BCUT2D eigenvalue weighted by Crippen LogP contribution is -2.41. The largest absolute Gasteiger partial charge is 0.358 e. The Morgan fingerprint density at radius 1 is 1.46 bits per heavy atom. The molecule has 3 rings (SSSR count). The van der Waals surface area contributed by atoms with Crippen LogP contribution in [-0.2, 0) is 11.3 Å². The highest BCUT2D eigenvalue weighted by Gasteiger charge is 2.35. The molecule has 1 amide bonds. The van der Waals surface area contributed by atoms with E-state index in [-0.39, 0.29) is 18.0 Å². The number of hydrogen-bond acceptors (Lipinski definition) is 4. The molecule has 0 spiro atoms. The van der Waals surface area contributed by atoms with Gasteiger partial charge in [0.25, 0.3) is 0 Å². The van der Waals surface area contributed by atoms with Gasteiger partial charge in [-0.05, 0) is 44.0 Å². The van der Waals surface area contributed by atoms with Crippen LogP contribution in [0.2, 0.25) is 0 Å². The number of rotatable bonds is 4. The monoisotopic (exact) mass is 327 g/mol. The number of hydrogen-bond donors (Lipinski definition) is 2. The maximum atomic E-state index is 12.1. The van der Waals surface area contributed by atoms with Crippen molar-refractivity contribution in [2.75, 3.05) is 13.6 Å². The average Bonchev–Trinajstić information content (AvgIpc) is 3.07. The molecule has 2 aromatic heterocycles. The summed E-state index contributed by atoms with van der Waals surface area (Å²) in [7, 11) is 1.68. The lowest BCUT2D eigenvalue weighted by atomic mass is 10.1. The van der Waals surface area contributed by atoms with Gasteiger partial charge in [0, 0.05) is 43.8 Å². The number of aryl methyl sites for hydroxylation is 1. The molecule has 6 heteroatoms. The van der Waals surface area contributed by atoms with Gasteiger partial charge >= 0.3 is 0 Å². The molecular weight excluding hydrogens is 302 g/mol. The number of carbonyl (C=O) groups is 1. The van der Waals surface area contributed by atoms with Gasteiger partial charge in [0.15, 0.2) is 0 Å². The van der Waals surface area contributed by atoms with Crippen LogP contribution < -0.4 is 11.1 Å². The number of carbonyl (C=O) groups excluding carboxylic acids is 1. The summed E-state index contributed by atoms with van der Waals surface area (Å²) < 4.78 is 2.20. The number of amides is 1. The number of aromatic nitrogens is 2. The van der Waals surface area contributed by atoms with E-state index in [0.29, 0.717) is 6.42 Å². The lowest BCUT2D eigenvalue weighted by molar-refractivity contribution is -0.125. The van der Waals surface area contributed by atoms with Crippen LogP contribution in [0.4, 0.5) is 0 Å². The van der Waals surface area contributed by atoms with Crippen LogP contribution in [0.1, 0.15) is 23.4 Å². The fraction of sp³-hybridized carbons (Fsp3) is 0.444. The van der Waals surface area contributed by atoms with Crippen molar-refractivity contribution in [3.05, 3.63) is 47.5 Å². The molecule has 3 N–H and O–H groups in total. The standard InChI is InChI=1S/C18H25N5O/c1-12-7-14(13(2)23(12)16-5-4-6-21-9-16)10-22-11-15(19)8-17(22)18(24)20-3/h4-7,9,15,17H,8,10-11,19H2,1-3H3,(H,20,24)/t15-,17-/m0/s1. The molecular formula is C18H25N5O. The first-order valence-corrected chi connectivity index (χ1v) is 8.30. The normalized spacial score (nSPS) is 21.2. The Morgan fingerprint density at radius 3 is 2.92 bits per heavy atom. The second kappa shape index (κ2) is 6.75. The summed E-state index contributed by atoms with van der Waals surface area (Å²) in [6, 6.07) is 6.08. The predicted octanol–water partition coefficient (Wildman–Crippen LogP) is 1.14. The fourth-order valence-electron chi connectivity index (χ4n) is 3.64. The molecule has 2 atom stereocenters. The van der Waals surface area contributed by atoms with Gasteiger partial charge in [-0.2, -0.15) is 0 Å². The summed E-state index contributed by atoms with van der Waals surface area (Å²) in [5.41, 5.74) is 10.7. The zero-order valence-electron chi connectivity index (χ0n) is 14.5. The van der Waals surface area contributed by atoms with Gasteiger partial charge in [-0.15, -0.1) is 0 Å². The fourth-order valence-corrected chi connectivity index (χ4v) is 3.64. The number of pyridine rings is 1. The van der Waals surface area contributed by atoms with Crippen molar-refractivity contribution in [2.45, 2.75) is 38.9 Å². The minimum atomic E-state index is -0.147. The first-order chi connectivity index (χ1) is 11.5. The molecule has 0 bridgehead atoms. The summed E-state index contributed by atoms with van der Waals surface area (Å²) in [6.45, 7) is 5.68. The SMILES string of the molecule is CNC(=O)[C@@H]1C[C@H](N)CN1Cc1cc(C)n(-c2cccnc2)c1C. The molecule has 3 heterocycles. The van der Waals surface area contributed by atoms with E-state index < -0.39 is 0 Å². The molecule has 24 heavy (non-hydrogen) atoms. The van der Waals surface area contributed by atoms with Crippen molar-refractivity contribution in [1.29, 1.82) is 0 Å². The maximum absolute atomic E-state index is 12.1. The van der Waals surface area contributed by atoms with E-state index in [1.165, 1.54) is 11.3 Å². The molecule has 1 aliphatic rings. The number of likely N-dealkylation sites (tertiary alicyclic amines) is 1. The van der Waals surface area contributed by atoms with Gasteiger partial charge in [0.05, 0.1) is 17.9 Å². The van der Waals surface area contributed by atoms with Crippen LogP contribution >= 0.6 is 0 Å². The molecule has 128 valence electrons. The highest BCUT2D eigenvalue weighted by atomic mass is 16.2. The number of nitrogens with two attached hydrogens (primary N) is 1. The highest BCUT2D eigenvalue weighted by molar-refractivity contribution is 5.81. The van der Waals surface area contributed by atoms with Crippen LogP contribution in [0, 0.1) is 13.8 Å². The third kappa shape index (κ3) is 3.07. The van der Waals surface area contributed by atoms with Crippen LogP contribution in [-0.4, -0.2) is 46.0 Å². The first kappa shape index (κ1) is 16.7. The van der Waals surface area contributed by atoms with Crippen LogP contribution in [0.3, 0.4) is 0 Å². The molecule has 1 aliphatic heterocycles. The lowest BCUT2D eigenvalue weighted by Gasteiger charge is -2.23. The van der Waals surface area contributed by atoms with E-state index in [1.54, 1.807) is 13.2 Å². The smallest absolute Gasteiger partial charge is 0.237 e. The number of nitrogens with one attached hydrogen (secondary N) is 1. The van der Waals surface area contributed by atoms with E-state index in [1.807, 2.05) is 12.3 Å². The highest BCUT2D eigenvalue weighted by Crippen LogP contribution is 2.25. The molecule has 0 unspecified atom stereocenters. The Labute approximate surface area is 142 Å². The summed E-state index contributed by atoms with van der Waals surface area (Å²) in [4.78, 5) is 18.5. The van der Waals surface area contributed by atoms with E-state index in [4.69, 9.17) is 5.73 Å². The molecule has 0 saturated carbocycles. The Bertz CT molecular complexity index is 725. The Morgan fingerprint density at radius 2 is 2.25 bits per heavy atom. The van der Waals surface area contributed by atoms with Crippen LogP contribution in [0.25, 0.3) is 5.69 Å². The summed E-state index contributed by atoms with van der Waals surface area (Å²) in [6.07, 6.45) is 4.35. The van der Waals surface area contributed by atoms with Gasteiger partial charge in [-0.3, -0.25) is 14.7 Å². The topological polar surface area (TPSA) is 76.2 Å². The van der Waals surface area contributed by atoms with Crippen molar-refractivity contribution in [1.82, 2.24) is 19.8 Å². The molecule has 1 fully saturated rings. The summed E-state index contributed by atoms with van der Waals surface area (Å²) >= 11 is 0. The summed E-state index contributed by atoms with van der Waals surface area (Å²) in [5, 5.41) is 2.75. The molecule has 6 nitrogen and oxygen atoms in total. The Balaban J connectivity index is 1.87. The van der Waals surface area contributed by atoms with Crippen molar-refractivity contribution >= 4 is 5.91 Å². The van der Waals surface area contributed by atoms with E-state index >= 15 is 0 Å². The van der Waals surface area contributed by atoms with Gasteiger partial charge in [0.2, 0.25) is 5.91 Å². The van der Waals surface area contributed by atoms with Crippen LogP contribution in [0.15, 0.2) is 30.6 Å². The third-order valence-electron chi connectivity index (χ3n) is 4.80. The average molecular weight is 327 g/mol. The number of likely N-dealkylation sites (N-methyl/N-ethyl adjacent to an activating group) is 1. The van der Waals surface area contributed by atoms with Crippen molar-refractivity contribution in [2.24, 2.45) is 5.73 Å². The molecule has 0 aromatic carbocycles. The van der Waals surface area contributed by atoms with E-state index in [2.05, 4.69) is 45.7 Å². The second-order valence-corrected chi connectivity index (χ2v) is 6.50. The maximum Gasteiger partial charge on any atom is 0.237 e. The molecule has 1 saturated heterocycles. The molecule has 2 aromatic rings. The van der Waals surface area contributed by atoms with E-state index in [9.17, 15) is 4.79 Å². The predicted molar refractivity (Wildman–Crippen MR) is 93.9 cm³/mol. The quantitative estimate of drug-likeness (QED) is 0.883. The van der Waals surface area contributed by atoms with Gasteiger partial charge < -0.3 is 15.6 Å². The second-order valence-electron chi connectivity index (χ2n) is 6.50. The van der Waals surface area contributed by atoms with Crippen molar-refractivity contribution in [3.63, 3.8) is 0 Å². The zero-order chi connectivity index (χ0) is 17.3. The van der Waals surface area contributed by atoms with Crippen LogP contribution in [0.5, 0.6) is 0 Å².